The Hall–Kier alpha value is -3.07. The third-order valence-corrected chi connectivity index (χ3v) is 6.91. The Morgan fingerprint density at radius 3 is 2.42 bits per heavy atom. The zero-order chi connectivity index (χ0) is 21.6. The van der Waals surface area contributed by atoms with Crippen molar-refractivity contribution in [3.63, 3.8) is 0 Å². The van der Waals surface area contributed by atoms with E-state index in [1.807, 2.05) is 0 Å². The van der Waals surface area contributed by atoms with Crippen LogP contribution >= 0.6 is 0 Å². The van der Waals surface area contributed by atoms with Gasteiger partial charge in [-0.05, 0) is 37.8 Å². The van der Waals surface area contributed by atoms with Gasteiger partial charge in [0.2, 0.25) is 5.95 Å². The fraction of sp³-hybridized carbons (Fsp3) is 0.500. The lowest BCUT2D eigenvalue weighted by molar-refractivity contribution is 0.0657. The van der Waals surface area contributed by atoms with Gasteiger partial charge < -0.3 is 24.7 Å². The van der Waals surface area contributed by atoms with Crippen molar-refractivity contribution < 1.29 is 19.7 Å². The van der Waals surface area contributed by atoms with Crippen LogP contribution in [0.4, 0.5) is 5.95 Å². The Morgan fingerprint density at radius 2 is 1.74 bits per heavy atom. The molecule has 9 nitrogen and oxygen atoms in total. The minimum Gasteiger partial charge on any atom is -0.507 e. The lowest BCUT2D eigenvalue weighted by Crippen LogP contribution is -2.45. The Balaban J connectivity index is 1.39. The van der Waals surface area contributed by atoms with Crippen LogP contribution in [0.2, 0.25) is 0 Å². The summed E-state index contributed by atoms with van der Waals surface area (Å²) in [4.78, 5) is 37.2. The number of carbonyl (C=O) groups excluding carboxylic acids is 1. The number of morpholine rings is 1. The van der Waals surface area contributed by atoms with Crippen molar-refractivity contribution in [2.24, 2.45) is 0 Å². The summed E-state index contributed by atoms with van der Waals surface area (Å²) < 4.78 is 5.41. The summed E-state index contributed by atoms with van der Waals surface area (Å²) in [6.45, 7) is 3.58. The van der Waals surface area contributed by atoms with Crippen molar-refractivity contribution in [2.75, 3.05) is 44.3 Å². The molecule has 2 aromatic rings. The molecular formula is C22H26N4O5. The highest BCUT2D eigenvalue weighted by atomic mass is 16.5. The van der Waals surface area contributed by atoms with Gasteiger partial charge in [-0.15, -0.1) is 0 Å². The molecule has 3 aliphatic rings. The Labute approximate surface area is 179 Å². The molecule has 0 radical (unpaired) electrons. The molecule has 3 heterocycles. The maximum Gasteiger partial charge on any atom is 0.261 e. The van der Waals surface area contributed by atoms with Gasteiger partial charge in [-0.1, -0.05) is 6.07 Å². The molecular weight excluding hydrogens is 400 g/mol. The van der Waals surface area contributed by atoms with Gasteiger partial charge in [0.1, 0.15) is 17.1 Å². The Kier molecular flexibility index (Phi) is 4.85. The smallest absolute Gasteiger partial charge is 0.261 e. The lowest BCUT2D eigenvalue weighted by Gasteiger charge is -2.39. The summed E-state index contributed by atoms with van der Waals surface area (Å²) in [5.41, 5.74) is 1.28. The van der Waals surface area contributed by atoms with Crippen molar-refractivity contribution in [3.05, 3.63) is 45.4 Å². The van der Waals surface area contributed by atoms with Gasteiger partial charge in [-0.3, -0.25) is 14.6 Å². The largest absolute Gasteiger partial charge is 0.507 e. The predicted molar refractivity (Wildman–Crippen MR) is 113 cm³/mol. The fourth-order valence-corrected chi connectivity index (χ4v) is 5.09. The van der Waals surface area contributed by atoms with E-state index in [9.17, 15) is 19.8 Å². The molecule has 0 bridgehead atoms. The van der Waals surface area contributed by atoms with E-state index in [0.717, 1.165) is 17.7 Å². The summed E-state index contributed by atoms with van der Waals surface area (Å²) >= 11 is 0. The summed E-state index contributed by atoms with van der Waals surface area (Å²) in [7, 11) is 0. The molecule has 1 aromatic heterocycles. The minimum atomic E-state index is -0.378. The highest BCUT2D eigenvalue weighted by molar-refractivity contribution is 5.99. The van der Waals surface area contributed by atoms with Crippen molar-refractivity contribution in [3.8, 4) is 11.5 Å². The number of rotatable bonds is 2. The van der Waals surface area contributed by atoms with Crippen molar-refractivity contribution in [1.82, 2.24) is 14.9 Å². The monoisotopic (exact) mass is 426 g/mol. The molecule has 0 saturated carbocycles. The number of hydrogen-bond donors (Lipinski definition) is 3. The van der Waals surface area contributed by atoms with E-state index in [1.165, 1.54) is 18.2 Å². The quantitative estimate of drug-likeness (QED) is 0.659. The number of aromatic nitrogens is 2. The van der Waals surface area contributed by atoms with E-state index in [1.54, 1.807) is 4.90 Å². The van der Waals surface area contributed by atoms with E-state index in [-0.39, 0.29) is 33.9 Å². The molecule has 1 spiro atoms. The molecule has 2 aliphatic heterocycles. The zero-order valence-corrected chi connectivity index (χ0v) is 17.3. The molecule has 164 valence electrons. The average molecular weight is 426 g/mol. The number of aromatic hydroxyl groups is 2. The van der Waals surface area contributed by atoms with Crippen molar-refractivity contribution in [2.45, 2.75) is 31.1 Å². The second-order valence-electron chi connectivity index (χ2n) is 8.56. The predicted octanol–water partition coefficient (Wildman–Crippen LogP) is 1.14. The standard InChI is InChI=1S/C22H26N4O5/c27-15-2-1-3-16(28)17(15)20(30)25-8-6-22(7-9-25)5-4-14-18(22)23-21(24-19(14)29)26-10-12-31-13-11-26/h1-3,27-28H,4-13H2,(H,23,24,29). The number of anilines is 1. The number of carbonyl (C=O) groups is 1. The van der Waals surface area contributed by atoms with Crippen LogP contribution in [0.5, 0.6) is 11.5 Å². The minimum absolute atomic E-state index is 0.0607. The first kappa shape index (κ1) is 19.9. The van der Waals surface area contributed by atoms with Gasteiger partial charge in [0.05, 0.1) is 18.9 Å². The topological polar surface area (TPSA) is 119 Å². The number of ether oxygens (including phenoxy) is 1. The highest BCUT2D eigenvalue weighted by Gasteiger charge is 2.45. The first-order valence-corrected chi connectivity index (χ1v) is 10.8. The SMILES string of the molecule is O=C(c1c(O)cccc1O)N1CCC2(CCc3c2nc(N2CCOCC2)[nH]c3=O)CC1. The van der Waals surface area contributed by atoms with Crippen LogP contribution in [0.3, 0.4) is 0 Å². The van der Waals surface area contributed by atoms with E-state index in [2.05, 4.69) is 9.88 Å². The molecule has 1 amide bonds. The maximum absolute atomic E-state index is 12.9. The first-order chi connectivity index (χ1) is 15.0. The molecule has 0 atom stereocenters. The number of piperidine rings is 1. The number of benzene rings is 1. The van der Waals surface area contributed by atoms with Crippen molar-refractivity contribution in [1.29, 1.82) is 0 Å². The summed E-state index contributed by atoms with van der Waals surface area (Å²) in [6.07, 6.45) is 2.92. The number of H-pyrrole nitrogens is 1. The molecule has 2 saturated heterocycles. The Bertz CT molecular complexity index is 1050. The van der Waals surface area contributed by atoms with Gasteiger partial charge in [0, 0.05) is 37.2 Å². The van der Waals surface area contributed by atoms with Gasteiger partial charge in [0.25, 0.3) is 11.5 Å². The lowest BCUT2D eigenvalue weighted by atomic mass is 9.76. The molecule has 0 unspecified atom stereocenters. The number of phenolic OH excluding ortho intramolecular Hbond substituents is 2. The second-order valence-corrected chi connectivity index (χ2v) is 8.56. The third kappa shape index (κ3) is 3.33. The number of amides is 1. The normalized spacial score (nSPS) is 20.1. The average Bonchev–Trinajstić information content (AvgIpc) is 3.13. The molecule has 9 heteroatoms. The van der Waals surface area contributed by atoms with E-state index in [4.69, 9.17) is 9.72 Å². The van der Waals surface area contributed by atoms with Gasteiger partial charge in [-0.25, -0.2) is 4.98 Å². The van der Waals surface area contributed by atoms with Crippen LogP contribution in [0.1, 0.15) is 40.9 Å². The fourth-order valence-electron chi connectivity index (χ4n) is 5.09. The number of hydrogen-bond acceptors (Lipinski definition) is 7. The first-order valence-electron chi connectivity index (χ1n) is 10.8. The second kappa shape index (κ2) is 7.56. The number of likely N-dealkylation sites (tertiary alicyclic amines) is 1. The zero-order valence-electron chi connectivity index (χ0n) is 17.3. The van der Waals surface area contributed by atoms with Crippen molar-refractivity contribution >= 4 is 11.9 Å². The molecule has 1 aromatic carbocycles. The Morgan fingerprint density at radius 1 is 1.06 bits per heavy atom. The van der Waals surface area contributed by atoms with E-state index < -0.39 is 0 Å². The highest BCUT2D eigenvalue weighted by Crippen LogP contribution is 2.45. The molecule has 3 N–H and O–H groups in total. The van der Waals surface area contributed by atoms with Crippen LogP contribution in [0.15, 0.2) is 23.0 Å². The van der Waals surface area contributed by atoms with Crippen LogP contribution in [-0.4, -0.2) is 70.4 Å². The van der Waals surface area contributed by atoms with Crippen LogP contribution < -0.4 is 10.5 Å². The van der Waals surface area contributed by atoms with Crippen LogP contribution in [0, 0.1) is 0 Å². The van der Waals surface area contributed by atoms with Gasteiger partial charge in [0.15, 0.2) is 0 Å². The van der Waals surface area contributed by atoms with Gasteiger partial charge >= 0.3 is 0 Å². The summed E-state index contributed by atoms with van der Waals surface area (Å²) in [5, 5.41) is 20.1. The third-order valence-electron chi connectivity index (χ3n) is 6.91. The van der Waals surface area contributed by atoms with Crippen LogP contribution in [0.25, 0.3) is 0 Å². The molecule has 5 rings (SSSR count). The number of nitrogens with zero attached hydrogens (tertiary/aromatic N) is 3. The van der Waals surface area contributed by atoms with E-state index in [0.29, 0.717) is 64.6 Å². The van der Waals surface area contributed by atoms with Crippen LogP contribution in [-0.2, 0) is 16.6 Å². The molecule has 31 heavy (non-hydrogen) atoms. The number of fused-ring (bicyclic) bond motifs is 2. The number of nitrogens with one attached hydrogen (secondary N) is 1. The molecule has 1 aliphatic carbocycles. The van der Waals surface area contributed by atoms with Gasteiger partial charge in [-0.2, -0.15) is 0 Å². The summed E-state index contributed by atoms with van der Waals surface area (Å²) in [5.74, 6) is -0.220. The summed E-state index contributed by atoms with van der Waals surface area (Å²) in [6, 6.07) is 4.29. The maximum atomic E-state index is 12.9. The number of phenols is 2. The molecule has 2 fully saturated rings. The van der Waals surface area contributed by atoms with E-state index >= 15 is 0 Å². The number of aromatic amines is 1.